The number of rotatable bonds is 5. The van der Waals surface area contributed by atoms with Crippen LogP contribution in [0.3, 0.4) is 0 Å². The molecule has 0 bridgehead atoms. The molecule has 1 saturated heterocycles. The zero-order valence-corrected chi connectivity index (χ0v) is 19.1. The van der Waals surface area contributed by atoms with Gasteiger partial charge < -0.3 is 14.9 Å². The van der Waals surface area contributed by atoms with Gasteiger partial charge in [-0.15, -0.1) is 0 Å². The summed E-state index contributed by atoms with van der Waals surface area (Å²) in [5, 5.41) is 9.16. The predicted molar refractivity (Wildman–Crippen MR) is 118 cm³/mol. The number of hydrogen-bond acceptors (Lipinski definition) is 8. The standard InChI is InChI=1S/C21H18F4N6O3S/c1-29-14(32)5-13(9-3-4-26-6-12(9)22)27-19(29)30(2)15-10-7-31(8-11(10)15)20-28-17(21(23,24)25)16(35-20)18(33)34/h3-6,10-11,15H,7-8H2,1-2H3,(H,33,34). The van der Waals surface area contributed by atoms with Crippen LogP contribution in [0.5, 0.6) is 0 Å². The van der Waals surface area contributed by atoms with Gasteiger partial charge in [-0.05, 0) is 6.07 Å². The molecule has 4 heterocycles. The third-order valence-corrected chi connectivity index (χ3v) is 7.52. The molecule has 1 aliphatic heterocycles. The van der Waals surface area contributed by atoms with Crippen molar-refractivity contribution in [1.82, 2.24) is 19.5 Å². The second kappa shape index (κ2) is 8.00. The molecule has 5 rings (SSSR count). The van der Waals surface area contributed by atoms with E-state index in [1.165, 1.54) is 22.9 Å². The molecule has 2 aliphatic rings. The molecule has 2 unspecified atom stereocenters. The summed E-state index contributed by atoms with van der Waals surface area (Å²) in [4.78, 5) is 38.2. The van der Waals surface area contributed by atoms with Crippen LogP contribution < -0.4 is 15.4 Å². The van der Waals surface area contributed by atoms with E-state index in [1.807, 2.05) is 4.90 Å². The average Bonchev–Trinajstić information content (AvgIpc) is 3.15. The van der Waals surface area contributed by atoms with Crippen LogP contribution in [0.15, 0.2) is 29.3 Å². The zero-order valence-electron chi connectivity index (χ0n) is 18.3. The predicted octanol–water partition coefficient (Wildman–Crippen LogP) is 2.73. The highest BCUT2D eigenvalue weighted by Crippen LogP contribution is 2.51. The van der Waals surface area contributed by atoms with E-state index in [1.54, 1.807) is 19.0 Å². The van der Waals surface area contributed by atoms with Crippen molar-refractivity contribution in [2.45, 2.75) is 12.2 Å². The number of halogens is 4. The van der Waals surface area contributed by atoms with Crippen molar-refractivity contribution in [1.29, 1.82) is 0 Å². The van der Waals surface area contributed by atoms with E-state index in [-0.39, 0.29) is 39.8 Å². The lowest BCUT2D eigenvalue weighted by molar-refractivity contribution is -0.141. The van der Waals surface area contributed by atoms with Gasteiger partial charge in [0.05, 0.1) is 11.9 Å². The van der Waals surface area contributed by atoms with Gasteiger partial charge in [0, 0.05) is 62.9 Å². The first kappa shape index (κ1) is 23.2. The molecule has 2 fully saturated rings. The first-order valence-electron chi connectivity index (χ1n) is 10.4. The highest BCUT2D eigenvalue weighted by atomic mass is 32.1. The number of fused-ring (bicyclic) bond motifs is 1. The van der Waals surface area contributed by atoms with E-state index in [2.05, 4.69) is 15.0 Å². The van der Waals surface area contributed by atoms with Gasteiger partial charge in [0.2, 0.25) is 5.95 Å². The molecule has 0 amide bonds. The smallest absolute Gasteiger partial charge is 0.435 e. The topological polar surface area (TPSA) is 104 Å². The van der Waals surface area contributed by atoms with E-state index < -0.39 is 28.5 Å². The molecule has 0 aromatic carbocycles. The Balaban J connectivity index is 1.37. The van der Waals surface area contributed by atoms with Crippen molar-refractivity contribution < 1.29 is 27.5 Å². The summed E-state index contributed by atoms with van der Waals surface area (Å²) in [5.74, 6) is -1.82. The Morgan fingerprint density at radius 1 is 1.26 bits per heavy atom. The van der Waals surface area contributed by atoms with Crippen LogP contribution in [0.2, 0.25) is 0 Å². The first-order valence-corrected chi connectivity index (χ1v) is 11.3. The zero-order chi connectivity index (χ0) is 25.2. The van der Waals surface area contributed by atoms with Gasteiger partial charge in [0.25, 0.3) is 5.56 Å². The van der Waals surface area contributed by atoms with Crippen LogP contribution >= 0.6 is 11.3 Å². The second-order valence-electron chi connectivity index (χ2n) is 8.51. The van der Waals surface area contributed by atoms with Gasteiger partial charge in [-0.2, -0.15) is 13.2 Å². The molecule has 2 atom stereocenters. The second-order valence-corrected chi connectivity index (χ2v) is 9.48. The number of anilines is 2. The molecule has 1 saturated carbocycles. The van der Waals surface area contributed by atoms with E-state index in [0.717, 1.165) is 6.20 Å². The fourth-order valence-electron chi connectivity index (χ4n) is 4.70. The highest BCUT2D eigenvalue weighted by molar-refractivity contribution is 7.17. The molecule has 3 aromatic rings. The van der Waals surface area contributed by atoms with Crippen LogP contribution in [0.4, 0.5) is 28.6 Å². The number of nitrogens with zero attached hydrogens (tertiary/aromatic N) is 6. The molecule has 0 spiro atoms. The Labute approximate surface area is 199 Å². The highest BCUT2D eigenvalue weighted by Gasteiger charge is 2.59. The molecule has 9 nitrogen and oxygen atoms in total. The van der Waals surface area contributed by atoms with Crippen molar-refractivity contribution in [2.24, 2.45) is 18.9 Å². The molecule has 1 aliphatic carbocycles. The third-order valence-electron chi connectivity index (χ3n) is 6.42. The number of carboxylic acids is 1. The van der Waals surface area contributed by atoms with Gasteiger partial charge >= 0.3 is 12.1 Å². The summed E-state index contributed by atoms with van der Waals surface area (Å²) >= 11 is 0.509. The lowest BCUT2D eigenvalue weighted by Gasteiger charge is -2.26. The Bertz CT molecular complexity index is 1380. The maximum absolute atomic E-state index is 14.2. The van der Waals surface area contributed by atoms with Crippen molar-refractivity contribution in [3.63, 3.8) is 0 Å². The Hall–Kier alpha value is -3.55. The fourth-order valence-corrected chi connectivity index (χ4v) is 5.65. The summed E-state index contributed by atoms with van der Waals surface area (Å²) < 4.78 is 55.1. The number of carboxylic acid groups (broad SMARTS) is 1. The van der Waals surface area contributed by atoms with E-state index in [9.17, 15) is 27.2 Å². The van der Waals surface area contributed by atoms with Gasteiger partial charge in [-0.3, -0.25) is 14.3 Å². The summed E-state index contributed by atoms with van der Waals surface area (Å²) in [6, 6.07) is 2.63. The van der Waals surface area contributed by atoms with Crippen molar-refractivity contribution in [3.8, 4) is 11.3 Å². The van der Waals surface area contributed by atoms with Crippen molar-refractivity contribution in [2.75, 3.05) is 29.9 Å². The number of aromatic nitrogens is 4. The monoisotopic (exact) mass is 510 g/mol. The summed E-state index contributed by atoms with van der Waals surface area (Å²) in [6.45, 7) is 0.770. The van der Waals surface area contributed by atoms with Gasteiger partial charge in [-0.1, -0.05) is 11.3 Å². The lowest BCUT2D eigenvalue weighted by Crippen LogP contribution is -2.36. The number of alkyl halides is 3. The average molecular weight is 510 g/mol. The minimum Gasteiger partial charge on any atom is -0.477 e. The third kappa shape index (κ3) is 3.90. The Morgan fingerprint density at radius 2 is 1.94 bits per heavy atom. The quantitative estimate of drug-likeness (QED) is 0.523. The summed E-state index contributed by atoms with van der Waals surface area (Å²) in [5.41, 5.74) is -1.44. The summed E-state index contributed by atoms with van der Waals surface area (Å²) in [6.07, 6.45) is -2.42. The van der Waals surface area contributed by atoms with Crippen molar-refractivity contribution >= 4 is 28.4 Å². The number of aromatic carboxylic acids is 1. The van der Waals surface area contributed by atoms with Crippen LogP contribution in [-0.2, 0) is 13.2 Å². The molecule has 3 aromatic heterocycles. The Kier molecular flexibility index (Phi) is 5.30. The minimum absolute atomic E-state index is 0.0176. The largest absolute Gasteiger partial charge is 0.477 e. The van der Waals surface area contributed by atoms with Gasteiger partial charge in [0.1, 0.15) is 4.88 Å². The van der Waals surface area contributed by atoms with Crippen LogP contribution in [0, 0.1) is 17.7 Å². The normalized spacial score (nSPS) is 21.2. The molecule has 1 N–H and O–H groups in total. The molecular formula is C21H18F4N6O3S. The SMILES string of the molecule is CN(c1nc(-c2ccncc2F)cc(=O)n1C)C1C2CN(c3nc(C(F)(F)F)c(C(=O)O)s3)CC21. The number of carbonyl (C=O) groups is 1. The van der Waals surface area contributed by atoms with E-state index in [4.69, 9.17) is 5.11 Å². The van der Waals surface area contributed by atoms with E-state index in [0.29, 0.717) is 30.4 Å². The maximum atomic E-state index is 14.2. The maximum Gasteiger partial charge on any atom is 0.435 e. The van der Waals surface area contributed by atoms with E-state index >= 15 is 0 Å². The number of hydrogen-bond donors (Lipinski definition) is 1. The van der Waals surface area contributed by atoms with Crippen LogP contribution in [0.25, 0.3) is 11.3 Å². The number of piperidine rings is 1. The summed E-state index contributed by atoms with van der Waals surface area (Å²) in [7, 11) is 3.31. The molecule has 184 valence electrons. The Morgan fingerprint density at radius 3 is 2.51 bits per heavy atom. The van der Waals surface area contributed by atoms with Crippen LogP contribution in [0.1, 0.15) is 15.4 Å². The molecule has 14 heteroatoms. The molecule has 0 radical (unpaired) electrons. The fraction of sp³-hybridized carbons (Fsp3) is 0.381. The van der Waals surface area contributed by atoms with Gasteiger partial charge in [-0.25, -0.2) is 19.2 Å². The van der Waals surface area contributed by atoms with Gasteiger partial charge in [0.15, 0.2) is 16.6 Å². The first-order chi connectivity index (χ1) is 16.5. The number of pyridine rings is 1. The molecular weight excluding hydrogens is 492 g/mol. The number of thiazole rings is 1. The minimum atomic E-state index is -4.86. The van der Waals surface area contributed by atoms with Crippen molar-refractivity contribution in [3.05, 3.63) is 51.3 Å². The lowest BCUT2D eigenvalue weighted by atomic mass is 10.2. The van der Waals surface area contributed by atoms with Crippen LogP contribution in [-0.4, -0.2) is 56.8 Å². The molecule has 35 heavy (non-hydrogen) atoms.